The molecule has 110 valence electrons. The van der Waals surface area contributed by atoms with Crippen molar-refractivity contribution in [2.75, 3.05) is 19.6 Å². The maximum atomic E-state index is 12.6. The van der Waals surface area contributed by atoms with Crippen LogP contribution in [0.3, 0.4) is 0 Å². The molecule has 0 aromatic carbocycles. The third kappa shape index (κ3) is 4.20. The van der Waals surface area contributed by atoms with Crippen LogP contribution in [0, 0.1) is 11.3 Å². The zero-order valence-electron chi connectivity index (χ0n) is 12.5. The van der Waals surface area contributed by atoms with Gasteiger partial charge in [0.15, 0.2) is 0 Å². The molecule has 0 aliphatic heterocycles. The summed E-state index contributed by atoms with van der Waals surface area (Å²) in [4.78, 5) is 14.7. The Morgan fingerprint density at radius 1 is 1.26 bits per heavy atom. The number of nitrogens with two attached hydrogens (primary N) is 1. The minimum Gasteiger partial charge on any atom is -0.342 e. The van der Waals surface area contributed by atoms with Crippen molar-refractivity contribution in [3.8, 4) is 0 Å². The highest BCUT2D eigenvalue weighted by Gasteiger charge is 2.35. The van der Waals surface area contributed by atoms with Crippen LogP contribution in [0.5, 0.6) is 0 Å². The summed E-state index contributed by atoms with van der Waals surface area (Å²) in [7, 11) is 0. The molecule has 0 aromatic heterocycles. The molecule has 2 aliphatic rings. The van der Waals surface area contributed by atoms with Gasteiger partial charge in [-0.2, -0.15) is 0 Å². The Kier molecular flexibility index (Phi) is 5.26. The number of hydrogen-bond acceptors (Lipinski definition) is 2. The van der Waals surface area contributed by atoms with Crippen molar-refractivity contribution in [1.29, 1.82) is 0 Å². The Morgan fingerprint density at radius 3 is 2.47 bits per heavy atom. The largest absolute Gasteiger partial charge is 0.342 e. The molecule has 0 heterocycles. The summed E-state index contributed by atoms with van der Waals surface area (Å²) in [5, 5.41) is 0. The van der Waals surface area contributed by atoms with E-state index in [1.165, 1.54) is 32.1 Å². The Balaban J connectivity index is 1.91. The minimum absolute atomic E-state index is 0.116. The predicted molar refractivity (Wildman–Crippen MR) is 78.8 cm³/mol. The van der Waals surface area contributed by atoms with E-state index in [0.29, 0.717) is 18.9 Å². The summed E-state index contributed by atoms with van der Waals surface area (Å²) in [6.45, 7) is 4.76. The Morgan fingerprint density at radius 2 is 1.95 bits per heavy atom. The standard InChI is InChI=1S/C16H30N2O/c1-2-10-18(12-14-6-7-14)15(19)11-16(13-17)8-4-3-5-9-16/h14H,2-13,17H2,1H3. The number of hydrogen-bond donors (Lipinski definition) is 1. The van der Waals surface area contributed by atoms with Crippen molar-refractivity contribution < 1.29 is 4.79 Å². The van der Waals surface area contributed by atoms with Crippen LogP contribution in [-0.4, -0.2) is 30.4 Å². The topological polar surface area (TPSA) is 46.3 Å². The van der Waals surface area contributed by atoms with Gasteiger partial charge in [-0.15, -0.1) is 0 Å². The summed E-state index contributed by atoms with van der Waals surface area (Å²) in [6, 6.07) is 0. The Bertz CT molecular complexity index is 293. The minimum atomic E-state index is 0.116. The third-order valence-electron chi connectivity index (χ3n) is 4.90. The van der Waals surface area contributed by atoms with E-state index in [0.717, 1.165) is 38.3 Å². The molecule has 2 aliphatic carbocycles. The van der Waals surface area contributed by atoms with Crippen molar-refractivity contribution >= 4 is 5.91 Å². The average molecular weight is 266 g/mol. The summed E-state index contributed by atoms with van der Waals surface area (Å²) in [5.41, 5.74) is 6.12. The molecular weight excluding hydrogens is 236 g/mol. The smallest absolute Gasteiger partial charge is 0.223 e. The van der Waals surface area contributed by atoms with Crippen molar-refractivity contribution in [2.45, 2.75) is 64.7 Å². The number of carbonyl (C=O) groups is 1. The molecule has 2 N–H and O–H groups in total. The van der Waals surface area contributed by atoms with E-state index < -0.39 is 0 Å². The van der Waals surface area contributed by atoms with Gasteiger partial charge in [0.25, 0.3) is 0 Å². The van der Waals surface area contributed by atoms with Gasteiger partial charge in [-0.25, -0.2) is 0 Å². The van der Waals surface area contributed by atoms with Crippen LogP contribution in [0.15, 0.2) is 0 Å². The molecule has 19 heavy (non-hydrogen) atoms. The van der Waals surface area contributed by atoms with Crippen molar-refractivity contribution in [2.24, 2.45) is 17.1 Å². The molecule has 0 spiro atoms. The number of amides is 1. The lowest BCUT2D eigenvalue weighted by atomic mass is 9.71. The zero-order chi connectivity index (χ0) is 13.7. The highest BCUT2D eigenvalue weighted by molar-refractivity contribution is 5.77. The van der Waals surface area contributed by atoms with Gasteiger partial charge in [0, 0.05) is 19.5 Å². The van der Waals surface area contributed by atoms with Crippen LogP contribution in [0.2, 0.25) is 0 Å². The molecular formula is C16H30N2O. The van der Waals surface area contributed by atoms with Gasteiger partial charge in [0.05, 0.1) is 0 Å². The van der Waals surface area contributed by atoms with E-state index in [1.807, 2.05) is 0 Å². The molecule has 2 saturated carbocycles. The molecule has 0 bridgehead atoms. The Hall–Kier alpha value is -0.570. The first-order chi connectivity index (χ1) is 9.19. The lowest BCUT2D eigenvalue weighted by molar-refractivity contribution is -0.134. The van der Waals surface area contributed by atoms with Crippen LogP contribution < -0.4 is 5.73 Å². The molecule has 2 rings (SSSR count). The average Bonchev–Trinajstić information content (AvgIpc) is 3.23. The Labute approximate surface area is 117 Å². The summed E-state index contributed by atoms with van der Waals surface area (Å²) in [5.74, 6) is 1.15. The van der Waals surface area contributed by atoms with Gasteiger partial charge in [-0.1, -0.05) is 26.2 Å². The van der Waals surface area contributed by atoms with Gasteiger partial charge >= 0.3 is 0 Å². The van der Waals surface area contributed by atoms with Crippen LogP contribution in [0.1, 0.15) is 64.7 Å². The molecule has 0 saturated heterocycles. The number of nitrogens with zero attached hydrogens (tertiary/aromatic N) is 1. The monoisotopic (exact) mass is 266 g/mol. The fourth-order valence-electron chi connectivity index (χ4n) is 3.39. The maximum Gasteiger partial charge on any atom is 0.223 e. The fraction of sp³-hybridized carbons (Fsp3) is 0.938. The van der Waals surface area contributed by atoms with Crippen LogP contribution in [0.25, 0.3) is 0 Å². The summed E-state index contributed by atoms with van der Waals surface area (Å²) >= 11 is 0. The molecule has 1 amide bonds. The second-order valence-electron chi connectivity index (χ2n) is 6.72. The van der Waals surface area contributed by atoms with E-state index in [2.05, 4.69) is 11.8 Å². The number of carbonyl (C=O) groups excluding carboxylic acids is 1. The molecule has 0 unspecified atom stereocenters. The van der Waals surface area contributed by atoms with Gasteiger partial charge in [-0.3, -0.25) is 4.79 Å². The lowest BCUT2D eigenvalue weighted by Crippen LogP contribution is -2.41. The molecule has 3 heteroatoms. The first-order valence-corrected chi connectivity index (χ1v) is 8.17. The van der Waals surface area contributed by atoms with Crippen molar-refractivity contribution in [1.82, 2.24) is 4.90 Å². The molecule has 0 radical (unpaired) electrons. The van der Waals surface area contributed by atoms with Gasteiger partial charge in [0.2, 0.25) is 5.91 Å². The van der Waals surface area contributed by atoms with Crippen LogP contribution >= 0.6 is 0 Å². The van der Waals surface area contributed by atoms with Crippen molar-refractivity contribution in [3.05, 3.63) is 0 Å². The molecule has 2 fully saturated rings. The first-order valence-electron chi connectivity index (χ1n) is 8.17. The molecule has 0 atom stereocenters. The maximum absolute atomic E-state index is 12.6. The van der Waals surface area contributed by atoms with E-state index in [1.54, 1.807) is 0 Å². The lowest BCUT2D eigenvalue weighted by Gasteiger charge is -2.37. The highest BCUT2D eigenvalue weighted by Crippen LogP contribution is 2.39. The molecule has 0 aromatic rings. The van der Waals surface area contributed by atoms with E-state index >= 15 is 0 Å². The SMILES string of the molecule is CCCN(CC1CC1)C(=O)CC1(CN)CCCCC1. The second-order valence-corrected chi connectivity index (χ2v) is 6.72. The summed E-state index contributed by atoms with van der Waals surface area (Å²) in [6.07, 6.45) is 10.5. The van der Waals surface area contributed by atoms with Gasteiger partial charge < -0.3 is 10.6 Å². The van der Waals surface area contributed by atoms with Crippen LogP contribution in [-0.2, 0) is 4.79 Å². The number of rotatable bonds is 7. The first kappa shape index (κ1) is 14.8. The van der Waals surface area contributed by atoms with E-state index in [-0.39, 0.29) is 5.41 Å². The van der Waals surface area contributed by atoms with E-state index in [9.17, 15) is 4.79 Å². The van der Waals surface area contributed by atoms with Crippen molar-refractivity contribution in [3.63, 3.8) is 0 Å². The quantitative estimate of drug-likeness (QED) is 0.770. The van der Waals surface area contributed by atoms with Crippen LogP contribution in [0.4, 0.5) is 0 Å². The zero-order valence-corrected chi connectivity index (χ0v) is 12.5. The predicted octanol–water partition coefficient (Wildman–Crippen LogP) is 2.93. The normalized spacial score (nSPS) is 22.2. The van der Waals surface area contributed by atoms with E-state index in [4.69, 9.17) is 5.73 Å². The summed E-state index contributed by atoms with van der Waals surface area (Å²) < 4.78 is 0. The van der Waals surface area contributed by atoms with Gasteiger partial charge in [-0.05, 0) is 50.0 Å². The molecule has 3 nitrogen and oxygen atoms in total. The highest BCUT2D eigenvalue weighted by atomic mass is 16.2. The van der Waals surface area contributed by atoms with Gasteiger partial charge in [0.1, 0.15) is 0 Å². The fourth-order valence-corrected chi connectivity index (χ4v) is 3.39. The third-order valence-corrected chi connectivity index (χ3v) is 4.90. The second kappa shape index (κ2) is 6.74.